The first-order valence-electron chi connectivity index (χ1n) is 8.25. The highest BCUT2D eigenvalue weighted by Crippen LogP contribution is 2.30. The lowest BCUT2D eigenvalue weighted by molar-refractivity contribution is 0.415. The van der Waals surface area contributed by atoms with E-state index in [0.29, 0.717) is 5.69 Å². The van der Waals surface area contributed by atoms with Gasteiger partial charge in [0.05, 0.1) is 18.5 Å². The van der Waals surface area contributed by atoms with Gasteiger partial charge in [0, 0.05) is 10.6 Å². The van der Waals surface area contributed by atoms with Gasteiger partial charge in [-0.05, 0) is 71.5 Å². The molecule has 0 aliphatic heterocycles. The van der Waals surface area contributed by atoms with E-state index in [1.807, 2.05) is 36.4 Å². The van der Waals surface area contributed by atoms with Crippen molar-refractivity contribution >= 4 is 28.8 Å². The molecule has 0 heterocycles. The van der Waals surface area contributed by atoms with E-state index in [1.54, 1.807) is 18.9 Å². The van der Waals surface area contributed by atoms with E-state index in [9.17, 15) is 0 Å². The van der Waals surface area contributed by atoms with Crippen molar-refractivity contribution in [2.24, 2.45) is 0 Å². The van der Waals surface area contributed by atoms with Gasteiger partial charge < -0.3 is 15.8 Å². The summed E-state index contributed by atoms with van der Waals surface area (Å²) in [5.74, 6) is 0.816. The number of hydrogen-bond acceptors (Lipinski definition) is 4. The van der Waals surface area contributed by atoms with E-state index in [2.05, 4.69) is 48.5 Å². The van der Waals surface area contributed by atoms with Crippen LogP contribution in [0.5, 0.6) is 5.75 Å². The molecule has 3 N–H and O–H groups in total. The van der Waals surface area contributed by atoms with Gasteiger partial charge in [-0.3, -0.25) is 0 Å². The molecule has 0 saturated carbocycles. The van der Waals surface area contributed by atoms with Crippen molar-refractivity contribution < 1.29 is 4.74 Å². The summed E-state index contributed by atoms with van der Waals surface area (Å²) in [6, 6.07) is 22.3. The zero-order valence-electron chi connectivity index (χ0n) is 15.0. The lowest BCUT2D eigenvalue weighted by atomic mass is 10.0. The Kier molecular flexibility index (Phi) is 5.54. The highest BCUT2D eigenvalue weighted by atomic mass is 32.2. The number of thioether (sulfide) groups is 1. The largest absolute Gasteiger partial charge is 0.497 e. The molecule has 132 valence electrons. The van der Waals surface area contributed by atoms with Crippen LogP contribution in [0.25, 0.3) is 16.8 Å². The molecule has 0 amide bonds. The first-order chi connectivity index (χ1) is 12.6. The minimum absolute atomic E-state index is 0.684. The molecule has 0 aromatic heterocycles. The fraction of sp³-hybridized carbons (Fsp3) is 0.0909. The van der Waals surface area contributed by atoms with Gasteiger partial charge in [-0.1, -0.05) is 24.8 Å². The number of methoxy groups -OCH3 is 1. The number of ether oxygens (including phenoxy) is 1. The predicted octanol–water partition coefficient (Wildman–Crippen LogP) is 5.75. The molecule has 0 radical (unpaired) electrons. The van der Waals surface area contributed by atoms with Gasteiger partial charge in [-0.15, -0.1) is 11.8 Å². The summed E-state index contributed by atoms with van der Waals surface area (Å²) >= 11 is 1.73. The number of anilines is 2. The summed E-state index contributed by atoms with van der Waals surface area (Å²) in [5.41, 5.74) is 11.7. The lowest BCUT2D eigenvalue weighted by Crippen LogP contribution is -2.01. The molecular formula is C22H22N2OS. The lowest BCUT2D eigenvalue weighted by Gasteiger charge is -2.14. The Bertz CT molecular complexity index is 902. The van der Waals surface area contributed by atoms with Crippen molar-refractivity contribution in [2.75, 3.05) is 24.4 Å². The minimum atomic E-state index is 0.684. The van der Waals surface area contributed by atoms with Crippen LogP contribution in [0.3, 0.4) is 0 Å². The molecule has 26 heavy (non-hydrogen) atoms. The van der Waals surface area contributed by atoms with Gasteiger partial charge in [-0.2, -0.15) is 0 Å². The number of benzene rings is 3. The normalized spacial score (nSPS) is 10.4. The van der Waals surface area contributed by atoms with Crippen LogP contribution in [0.4, 0.5) is 11.4 Å². The molecular weight excluding hydrogens is 340 g/mol. The summed E-state index contributed by atoms with van der Waals surface area (Å²) < 4.78 is 5.20. The smallest absolute Gasteiger partial charge is 0.118 e. The van der Waals surface area contributed by atoms with Gasteiger partial charge in [0.1, 0.15) is 5.75 Å². The van der Waals surface area contributed by atoms with Crippen LogP contribution in [0.15, 0.2) is 78.2 Å². The van der Waals surface area contributed by atoms with Crippen molar-refractivity contribution in [1.82, 2.24) is 0 Å². The van der Waals surface area contributed by atoms with Crippen molar-refractivity contribution in [1.29, 1.82) is 0 Å². The van der Waals surface area contributed by atoms with Gasteiger partial charge in [0.25, 0.3) is 0 Å². The van der Waals surface area contributed by atoms with Crippen molar-refractivity contribution in [3.8, 4) is 16.9 Å². The van der Waals surface area contributed by atoms with Crippen molar-refractivity contribution in [2.45, 2.75) is 4.90 Å². The molecule has 0 atom stereocenters. The van der Waals surface area contributed by atoms with E-state index in [1.165, 1.54) is 4.90 Å². The number of nitrogen functional groups attached to an aromatic ring is 1. The molecule has 0 unspecified atom stereocenters. The molecule has 0 fully saturated rings. The first-order valence-corrected chi connectivity index (χ1v) is 9.47. The molecule has 0 aliphatic carbocycles. The monoisotopic (exact) mass is 362 g/mol. The molecule has 4 heteroatoms. The summed E-state index contributed by atoms with van der Waals surface area (Å²) in [6.07, 6.45) is 2.07. The minimum Gasteiger partial charge on any atom is -0.497 e. The third-order valence-electron chi connectivity index (χ3n) is 4.20. The van der Waals surface area contributed by atoms with Gasteiger partial charge in [0.15, 0.2) is 0 Å². The Balaban J connectivity index is 1.83. The van der Waals surface area contributed by atoms with E-state index >= 15 is 0 Å². The molecule has 0 bridgehead atoms. The van der Waals surface area contributed by atoms with Crippen molar-refractivity contribution in [3.05, 3.63) is 78.9 Å². The Morgan fingerprint density at radius 1 is 0.962 bits per heavy atom. The Morgan fingerprint density at radius 2 is 1.62 bits per heavy atom. The predicted molar refractivity (Wildman–Crippen MR) is 114 cm³/mol. The van der Waals surface area contributed by atoms with Crippen LogP contribution >= 0.6 is 11.8 Å². The van der Waals surface area contributed by atoms with Crippen LogP contribution in [-0.2, 0) is 0 Å². The third-order valence-corrected chi connectivity index (χ3v) is 4.94. The molecule has 3 rings (SSSR count). The Hall–Kier alpha value is -2.85. The maximum atomic E-state index is 6.16. The average Bonchev–Trinajstić information content (AvgIpc) is 2.69. The molecule has 3 aromatic carbocycles. The van der Waals surface area contributed by atoms with E-state index in [-0.39, 0.29) is 0 Å². The van der Waals surface area contributed by atoms with Crippen molar-refractivity contribution in [3.63, 3.8) is 0 Å². The Morgan fingerprint density at radius 3 is 2.23 bits per heavy atom. The topological polar surface area (TPSA) is 47.3 Å². The fourth-order valence-electron chi connectivity index (χ4n) is 2.65. The van der Waals surface area contributed by atoms with Crippen LogP contribution < -0.4 is 15.8 Å². The first kappa shape index (κ1) is 18.0. The standard InChI is InChI=1S/C22H22N2OS/c1-15(16-4-9-19(25-2)10-5-16)24-22-14-18(8-13-21(22)23)17-6-11-20(26-3)12-7-17/h4-14,24H,1,23H2,2-3H3. The highest BCUT2D eigenvalue weighted by molar-refractivity contribution is 7.98. The summed E-state index contributed by atoms with van der Waals surface area (Å²) in [4.78, 5) is 1.25. The van der Waals surface area contributed by atoms with Gasteiger partial charge in [-0.25, -0.2) is 0 Å². The van der Waals surface area contributed by atoms with Gasteiger partial charge >= 0.3 is 0 Å². The maximum Gasteiger partial charge on any atom is 0.118 e. The zero-order chi connectivity index (χ0) is 18.5. The maximum absolute atomic E-state index is 6.16. The Labute approximate surface area is 158 Å². The molecule has 3 aromatic rings. The SMILES string of the molecule is C=C(Nc1cc(-c2ccc(SC)cc2)ccc1N)c1ccc(OC)cc1. The van der Waals surface area contributed by atoms with E-state index in [4.69, 9.17) is 10.5 Å². The molecule has 3 nitrogen and oxygen atoms in total. The van der Waals surface area contributed by atoms with E-state index in [0.717, 1.165) is 33.8 Å². The van der Waals surface area contributed by atoms with Crippen LogP contribution in [-0.4, -0.2) is 13.4 Å². The number of nitrogens with one attached hydrogen (secondary N) is 1. The molecule has 0 saturated heterocycles. The number of rotatable bonds is 6. The van der Waals surface area contributed by atoms with Crippen LogP contribution in [0, 0.1) is 0 Å². The number of hydrogen-bond donors (Lipinski definition) is 2. The fourth-order valence-corrected chi connectivity index (χ4v) is 3.06. The number of nitrogens with two attached hydrogens (primary N) is 1. The molecule has 0 aliphatic rings. The van der Waals surface area contributed by atoms with Gasteiger partial charge in [0.2, 0.25) is 0 Å². The van der Waals surface area contributed by atoms with Crippen LogP contribution in [0.2, 0.25) is 0 Å². The van der Waals surface area contributed by atoms with Crippen LogP contribution in [0.1, 0.15) is 5.56 Å². The third kappa shape index (κ3) is 4.03. The second-order valence-electron chi connectivity index (χ2n) is 5.86. The second kappa shape index (κ2) is 8.02. The summed E-state index contributed by atoms with van der Waals surface area (Å²) in [5, 5.41) is 3.33. The second-order valence-corrected chi connectivity index (χ2v) is 6.74. The summed E-state index contributed by atoms with van der Waals surface area (Å²) in [6.45, 7) is 4.13. The van der Waals surface area contributed by atoms with E-state index < -0.39 is 0 Å². The quantitative estimate of drug-likeness (QED) is 0.433. The highest BCUT2D eigenvalue weighted by Gasteiger charge is 2.06. The molecule has 0 spiro atoms. The summed E-state index contributed by atoms with van der Waals surface area (Å²) in [7, 11) is 1.65. The zero-order valence-corrected chi connectivity index (χ0v) is 15.8. The average molecular weight is 362 g/mol.